The van der Waals surface area contributed by atoms with E-state index in [4.69, 9.17) is 4.42 Å². The Hall–Kier alpha value is -3.80. The SMILES string of the molecule is CCc1ccc([C@@H]2c3c(-c4c(C)cc(C)cc4O)n[nH]c3C(=O)N2Cc2ccco2)cc1. The molecule has 2 aromatic heterocycles. The first-order chi connectivity index (χ1) is 15.5. The van der Waals surface area contributed by atoms with Crippen LogP contribution >= 0.6 is 0 Å². The molecule has 0 saturated heterocycles. The first-order valence-corrected chi connectivity index (χ1v) is 10.8. The zero-order valence-corrected chi connectivity index (χ0v) is 18.3. The lowest BCUT2D eigenvalue weighted by molar-refractivity contribution is 0.0717. The summed E-state index contributed by atoms with van der Waals surface area (Å²) < 4.78 is 5.55. The van der Waals surface area contributed by atoms with E-state index in [1.54, 1.807) is 17.2 Å². The molecule has 0 radical (unpaired) electrons. The molecular weight excluding hydrogens is 402 g/mol. The number of carbonyl (C=O) groups is 1. The Morgan fingerprint density at radius 2 is 1.94 bits per heavy atom. The molecule has 2 aromatic carbocycles. The summed E-state index contributed by atoms with van der Waals surface area (Å²) in [6.07, 6.45) is 2.56. The minimum absolute atomic E-state index is 0.135. The van der Waals surface area contributed by atoms with E-state index in [0.29, 0.717) is 29.3 Å². The number of phenols is 1. The summed E-state index contributed by atoms with van der Waals surface area (Å²) in [6.45, 7) is 6.35. The van der Waals surface area contributed by atoms with Gasteiger partial charge < -0.3 is 14.4 Å². The van der Waals surface area contributed by atoms with Crippen LogP contribution in [0.2, 0.25) is 0 Å². The lowest BCUT2D eigenvalue weighted by atomic mass is 9.92. The van der Waals surface area contributed by atoms with E-state index in [1.165, 1.54) is 5.56 Å². The largest absolute Gasteiger partial charge is 0.507 e. The molecule has 1 aliphatic heterocycles. The normalized spacial score (nSPS) is 15.4. The van der Waals surface area contributed by atoms with Crippen molar-refractivity contribution in [2.75, 3.05) is 0 Å². The molecule has 162 valence electrons. The van der Waals surface area contributed by atoms with Gasteiger partial charge in [0.15, 0.2) is 0 Å². The molecular formula is C26H25N3O3. The van der Waals surface area contributed by atoms with Gasteiger partial charge in [-0.1, -0.05) is 37.3 Å². The number of phenolic OH excluding ortho intramolecular Hbond substituents is 1. The number of aromatic amines is 1. The van der Waals surface area contributed by atoms with E-state index >= 15 is 0 Å². The minimum Gasteiger partial charge on any atom is -0.507 e. The second-order valence-corrected chi connectivity index (χ2v) is 8.35. The van der Waals surface area contributed by atoms with Crippen molar-refractivity contribution >= 4 is 5.91 Å². The number of nitrogens with zero attached hydrogens (tertiary/aromatic N) is 2. The van der Waals surface area contributed by atoms with Crippen molar-refractivity contribution in [3.05, 3.63) is 94.1 Å². The average molecular weight is 428 g/mol. The van der Waals surface area contributed by atoms with Crippen molar-refractivity contribution in [3.8, 4) is 17.0 Å². The third kappa shape index (κ3) is 3.19. The van der Waals surface area contributed by atoms with E-state index in [9.17, 15) is 9.90 Å². The van der Waals surface area contributed by atoms with Crippen molar-refractivity contribution in [2.45, 2.75) is 39.8 Å². The van der Waals surface area contributed by atoms with Crippen LogP contribution in [-0.4, -0.2) is 26.1 Å². The Morgan fingerprint density at radius 3 is 2.59 bits per heavy atom. The number of fused-ring (bicyclic) bond motifs is 1. The first kappa shape index (κ1) is 20.1. The Balaban J connectivity index is 1.69. The van der Waals surface area contributed by atoms with Gasteiger partial charge in [0.1, 0.15) is 22.9 Å². The van der Waals surface area contributed by atoms with Gasteiger partial charge in [0.25, 0.3) is 5.91 Å². The number of furan rings is 1. The standard InChI is InChI=1S/C26H25N3O3/c1-4-17-7-9-18(10-8-17)25-22-23(21-16(3)12-15(2)13-20(21)30)27-28-24(22)26(31)29(25)14-19-6-5-11-32-19/h5-13,25,30H,4,14H2,1-3H3,(H,27,28)/t25-/m1/s1. The zero-order chi connectivity index (χ0) is 22.4. The summed E-state index contributed by atoms with van der Waals surface area (Å²) in [7, 11) is 0. The molecule has 1 amide bonds. The predicted octanol–water partition coefficient (Wildman–Crippen LogP) is 5.30. The Kier molecular flexibility index (Phi) is 4.85. The molecule has 0 bridgehead atoms. The number of aromatic nitrogens is 2. The number of rotatable bonds is 5. The molecule has 0 fully saturated rings. The summed E-state index contributed by atoms with van der Waals surface area (Å²) in [6, 6.07) is 15.4. The van der Waals surface area contributed by atoms with Gasteiger partial charge in [-0.15, -0.1) is 0 Å². The van der Waals surface area contributed by atoms with E-state index in [1.807, 2.05) is 32.0 Å². The summed E-state index contributed by atoms with van der Waals surface area (Å²) >= 11 is 0. The summed E-state index contributed by atoms with van der Waals surface area (Å²) in [5.41, 5.74) is 6.60. The molecule has 2 N–H and O–H groups in total. The van der Waals surface area contributed by atoms with Crippen LogP contribution in [0.15, 0.2) is 59.2 Å². The van der Waals surface area contributed by atoms with E-state index in [0.717, 1.165) is 28.7 Å². The van der Waals surface area contributed by atoms with E-state index < -0.39 is 0 Å². The molecule has 32 heavy (non-hydrogen) atoms. The molecule has 1 atom stereocenters. The fourth-order valence-electron chi connectivity index (χ4n) is 4.66. The number of nitrogens with one attached hydrogen (secondary N) is 1. The van der Waals surface area contributed by atoms with E-state index in [2.05, 4.69) is 41.4 Å². The number of hydrogen-bond acceptors (Lipinski definition) is 4. The van der Waals surface area contributed by atoms with Gasteiger partial charge in [-0.2, -0.15) is 5.10 Å². The Bertz CT molecular complexity index is 1260. The topological polar surface area (TPSA) is 82.4 Å². The highest BCUT2D eigenvalue weighted by Crippen LogP contribution is 2.46. The molecule has 0 unspecified atom stereocenters. The molecule has 0 spiro atoms. The van der Waals surface area contributed by atoms with Crippen LogP contribution in [0.25, 0.3) is 11.3 Å². The molecule has 4 aromatic rings. The van der Waals surface area contributed by atoms with Crippen molar-refractivity contribution in [3.63, 3.8) is 0 Å². The van der Waals surface area contributed by atoms with Crippen molar-refractivity contribution in [1.29, 1.82) is 0 Å². The predicted molar refractivity (Wildman–Crippen MR) is 121 cm³/mol. The van der Waals surface area contributed by atoms with Crippen LogP contribution in [0, 0.1) is 13.8 Å². The van der Waals surface area contributed by atoms with Crippen LogP contribution in [0.3, 0.4) is 0 Å². The smallest absolute Gasteiger partial charge is 0.273 e. The van der Waals surface area contributed by atoms with Gasteiger partial charge >= 0.3 is 0 Å². The third-order valence-electron chi connectivity index (χ3n) is 6.17. The quantitative estimate of drug-likeness (QED) is 0.453. The highest BCUT2D eigenvalue weighted by molar-refractivity contribution is 6.00. The second kappa shape index (κ2) is 7.71. The van der Waals surface area contributed by atoms with Crippen LogP contribution < -0.4 is 0 Å². The van der Waals surface area contributed by atoms with Gasteiger partial charge in [0.05, 0.1) is 18.8 Å². The van der Waals surface area contributed by atoms with Crippen LogP contribution in [0.5, 0.6) is 5.75 Å². The van der Waals surface area contributed by atoms with Crippen molar-refractivity contribution in [1.82, 2.24) is 15.1 Å². The Morgan fingerprint density at radius 1 is 1.16 bits per heavy atom. The fraction of sp³-hybridized carbons (Fsp3) is 0.231. The number of H-pyrrole nitrogens is 1. The van der Waals surface area contributed by atoms with Crippen molar-refractivity contribution in [2.24, 2.45) is 0 Å². The summed E-state index contributed by atoms with van der Waals surface area (Å²) in [4.78, 5) is 15.2. The highest BCUT2D eigenvalue weighted by atomic mass is 16.3. The Labute approximate surface area is 186 Å². The monoisotopic (exact) mass is 427 g/mol. The number of benzene rings is 2. The van der Waals surface area contributed by atoms with Gasteiger partial charge in [-0.25, -0.2) is 0 Å². The van der Waals surface area contributed by atoms with Crippen LogP contribution in [0.4, 0.5) is 0 Å². The average Bonchev–Trinajstić information content (AvgIpc) is 3.48. The number of carbonyl (C=O) groups excluding carboxylic acids is 1. The second-order valence-electron chi connectivity index (χ2n) is 8.35. The summed E-state index contributed by atoms with van der Waals surface area (Å²) in [5, 5.41) is 18.2. The number of hydrogen-bond donors (Lipinski definition) is 2. The third-order valence-corrected chi connectivity index (χ3v) is 6.17. The van der Waals surface area contributed by atoms with Crippen LogP contribution in [-0.2, 0) is 13.0 Å². The lowest BCUT2D eigenvalue weighted by Gasteiger charge is -2.26. The van der Waals surface area contributed by atoms with Crippen molar-refractivity contribution < 1.29 is 14.3 Å². The maximum Gasteiger partial charge on any atom is 0.273 e. The van der Waals surface area contributed by atoms with Gasteiger partial charge in [0.2, 0.25) is 0 Å². The number of amides is 1. The fourth-order valence-corrected chi connectivity index (χ4v) is 4.66. The molecule has 0 aliphatic carbocycles. The van der Waals surface area contributed by atoms with Gasteiger partial charge in [-0.3, -0.25) is 9.89 Å². The molecule has 1 aliphatic rings. The maximum absolute atomic E-state index is 13.4. The minimum atomic E-state index is -0.345. The highest BCUT2D eigenvalue weighted by Gasteiger charge is 2.43. The lowest BCUT2D eigenvalue weighted by Crippen LogP contribution is -2.29. The first-order valence-electron chi connectivity index (χ1n) is 10.8. The molecule has 6 nitrogen and oxygen atoms in total. The number of aromatic hydroxyl groups is 1. The molecule has 0 saturated carbocycles. The zero-order valence-electron chi connectivity index (χ0n) is 18.3. The van der Waals surface area contributed by atoms with Gasteiger partial charge in [0, 0.05) is 11.1 Å². The maximum atomic E-state index is 13.4. The van der Waals surface area contributed by atoms with Crippen LogP contribution in [0.1, 0.15) is 57.0 Å². The summed E-state index contributed by atoms with van der Waals surface area (Å²) in [5.74, 6) is 0.736. The number of aryl methyl sites for hydroxylation is 3. The molecule has 5 rings (SSSR count). The van der Waals surface area contributed by atoms with E-state index in [-0.39, 0.29) is 17.7 Å². The molecule has 3 heterocycles. The van der Waals surface area contributed by atoms with Gasteiger partial charge in [-0.05, 0) is 60.7 Å². The molecule has 6 heteroatoms.